The molecule has 1 aromatic heterocycles. The number of halogens is 3. The van der Waals surface area contributed by atoms with Crippen molar-refractivity contribution >= 4 is 20.6 Å². The predicted octanol–water partition coefficient (Wildman–Crippen LogP) is 2.51. The van der Waals surface area contributed by atoms with E-state index in [4.69, 9.17) is 0 Å². The summed E-state index contributed by atoms with van der Waals surface area (Å²) in [5.41, 5.74) is -5.29. The highest BCUT2D eigenvalue weighted by molar-refractivity contribution is 7.91. The summed E-state index contributed by atoms with van der Waals surface area (Å²) in [6.45, 7) is 1.38. The molecule has 10 heteroatoms. The third-order valence-corrected chi connectivity index (χ3v) is 6.09. The Bertz CT molecular complexity index is 858. The number of rotatable bonds is 4. The van der Waals surface area contributed by atoms with E-state index in [0.717, 1.165) is 12.1 Å². The van der Waals surface area contributed by atoms with E-state index in [2.05, 4.69) is 4.98 Å². The first kappa shape index (κ1) is 17.7. The quantitative estimate of drug-likeness (QED) is 0.834. The van der Waals surface area contributed by atoms with Gasteiger partial charge in [0.1, 0.15) is 5.82 Å². The maximum atomic E-state index is 12.9. The van der Waals surface area contributed by atoms with E-state index in [0.29, 0.717) is 0 Å². The van der Waals surface area contributed by atoms with Crippen molar-refractivity contribution in [1.29, 1.82) is 0 Å². The van der Waals surface area contributed by atoms with Crippen LogP contribution in [0.25, 0.3) is 11.4 Å². The molecule has 0 N–H and O–H groups in total. The van der Waals surface area contributed by atoms with Crippen LogP contribution in [-0.2, 0) is 27.7 Å². The molecule has 23 heavy (non-hydrogen) atoms. The molecular weight excluding hydrogens is 353 g/mol. The number of hydrogen-bond donors (Lipinski definition) is 0. The monoisotopic (exact) mass is 366 g/mol. The fourth-order valence-electron chi connectivity index (χ4n) is 2.03. The summed E-state index contributed by atoms with van der Waals surface area (Å²) in [5.74, 6) is -0.294. The van der Waals surface area contributed by atoms with Crippen LogP contribution in [0.2, 0.25) is 0 Å². The molecule has 0 fully saturated rings. The number of aryl methyl sites for hydroxylation is 1. The summed E-state index contributed by atoms with van der Waals surface area (Å²) >= 11 is 0. The lowest BCUT2D eigenvalue weighted by Gasteiger charge is -2.15. The van der Waals surface area contributed by atoms with Gasteiger partial charge in [0.2, 0.25) is 0 Å². The number of alkyl halides is 3. The second-order valence-corrected chi connectivity index (χ2v) is 8.30. The highest BCUT2D eigenvalue weighted by atomic mass is 32.2. The van der Waals surface area contributed by atoms with Gasteiger partial charge in [-0.2, -0.15) is 13.2 Å². The smallest absolute Gasteiger partial charge is 0.334 e. The number of benzene rings is 1. The highest BCUT2D eigenvalue weighted by Crippen LogP contribution is 2.36. The van der Waals surface area contributed by atoms with E-state index in [1.165, 1.54) is 37.0 Å². The van der Waals surface area contributed by atoms with Crippen LogP contribution >= 0.6 is 0 Å². The molecule has 0 aliphatic rings. The standard InChI is InChI=1S/C13H13F3N2O3S2/c1-3-23(20,21)10-6-4-5-9(22(19)13(14,15)16)11(10)12-17-7-8-18(12)2/h4-8H,3H2,1-2H3. The third-order valence-electron chi connectivity index (χ3n) is 3.16. The number of sulfone groups is 1. The third kappa shape index (κ3) is 3.32. The molecule has 0 bridgehead atoms. The second kappa shape index (κ2) is 6.08. The molecule has 0 radical (unpaired) electrons. The minimum Gasteiger partial charge on any atom is -0.334 e. The van der Waals surface area contributed by atoms with Gasteiger partial charge in [-0.15, -0.1) is 0 Å². The van der Waals surface area contributed by atoms with E-state index in [1.54, 1.807) is 0 Å². The molecule has 0 spiro atoms. The lowest BCUT2D eigenvalue weighted by molar-refractivity contribution is -0.0384. The largest absolute Gasteiger partial charge is 0.475 e. The maximum absolute atomic E-state index is 12.9. The van der Waals surface area contributed by atoms with Gasteiger partial charge in [0.15, 0.2) is 20.6 Å². The Labute approximate surface area is 133 Å². The van der Waals surface area contributed by atoms with Crippen LogP contribution in [0.1, 0.15) is 6.92 Å². The van der Waals surface area contributed by atoms with E-state index in [9.17, 15) is 25.8 Å². The molecule has 2 aromatic rings. The van der Waals surface area contributed by atoms with Gasteiger partial charge in [0.25, 0.3) is 0 Å². The Morgan fingerprint density at radius 2 is 1.96 bits per heavy atom. The van der Waals surface area contributed by atoms with E-state index in [-0.39, 0.29) is 22.0 Å². The molecule has 1 atom stereocenters. The number of nitrogens with zero attached hydrogens (tertiary/aromatic N) is 2. The molecule has 1 heterocycles. The molecule has 1 aromatic carbocycles. The van der Waals surface area contributed by atoms with Crippen LogP contribution in [0.3, 0.4) is 0 Å². The summed E-state index contributed by atoms with van der Waals surface area (Å²) < 4.78 is 76.3. The summed E-state index contributed by atoms with van der Waals surface area (Å²) in [5, 5.41) is 0. The molecule has 1 unspecified atom stereocenters. The molecule has 126 valence electrons. The minimum absolute atomic E-state index is 0.00484. The van der Waals surface area contributed by atoms with Crippen molar-refractivity contribution in [2.24, 2.45) is 7.05 Å². The van der Waals surface area contributed by atoms with Gasteiger partial charge < -0.3 is 4.57 Å². The van der Waals surface area contributed by atoms with Crippen LogP contribution < -0.4 is 0 Å². The molecular formula is C13H13F3N2O3S2. The van der Waals surface area contributed by atoms with Gasteiger partial charge in [0.05, 0.1) is 21.1 Å². The molecule has 0 saturated heterocycles. The zero-order chi connectivity index (χ0) is 17.4. The lowest BCUT2D eigenvalue weighted by Crippen LogP contribution is -2.19. The van der Waals surface area contributed by atoms with Crippen molar-refractivity contribution in [2.45, 2.75) is 22.2 Å². The van der Waals surface area contributed by atoms with Gasteiger partial charge in [-0.3, -0.25) is 0 Å². The number of hydrogen-bond acceptors (Lipinski definition) is 4. The van der Waals surface area contributed by atoms with Crippen molar-refractivity contribution in [2.75, 3.05) is 5.75 Å². The topological polar surface area (TPSA) is 69.0 Å². The predicted molar refractivity (Wildman–Crippen MR) is 78.8 cm³/mol. The molecule has 0 saturated carbocycles. The number of aromatic nitrogens is 2. The van der Waals surface area contributed by atoms with Crippen molar-refractivity contribution in [3.05, 3.63) is 30.6 Å². The maximum Gasteiger partial charge on any atom is 0.475 e. The summed E-state index contributed by atoms with van der Waals surface area (Å²) in [6.07, 6.45) is 2.79. The van der Waals surface area contributed by atoms with Gasteiger partial charge in [0, 0.05) is 19.4 Å². The van der Waals surface area contributed by atoms with E-state index in [1.807, 2.05) is 0 Å². The molecule has 0 amide bonds. The SMILES string of the molecule is CCS(=O)(=O)c1cccc(S(=O)C(F)(F)F)c1-c1nccn1C. The van der Waals surface area contributed by atoms with Crippen molar-refractivity contribution in [3.8, 4) is 11.4 Å². The summed E-state index contributed by atoms with van der Waals surface area (Å²) in [4.78, 5) is 2.98. The van der Waals surface area contributed by atoms with Gasteiger partial charge in [-0.05, 0) is 12.1 Å². The normalized spacial score (nSPS) is 14.0. The van der Waals surface area contributed by atoms with Gasteiger partial charge in [-0.1, -0.05) is 13.0 Å². The van der Waals surface area contributed by atoms with Crippen molar-refractivity contribution < 1.29 is 25.8 Å². The highest BCUT2D eigenvalue weighted by Gasteiger charge is 2.40. The Balaban J connectivity index is 2.88. The average Bonchev–Trinajstić information content (AvgIpc) is 2.90. The Hall–Kier alpha value is -1.68. The second-order valence-electron chi connectivity index (χ2n) is 4.61. The first-order chi connectivity index (χ1) is 10.6. The summed E-state index contributed by atoms with van der Waals surface area (Å²) in [7, 11) is -5.69. The fourth-order valence-corrected chi connectivity index (χ4v) is 4.04. The summed E-state index contributed by atoms with van der Waals surface area (Å²) in [6, 6.07) is 3.34. The van der Waals surface area contributed by atoms with Crippen molar-refractivity contribution in [1.82, 2.24) is 9.55 Å². The zero-order valence-electron chi connectivity index (χ0n) is 12.2. The first-order valence-electron chi connectivity index (χ1n) is 6.41. The van der Waals surface area contributed by atoms with Crippen LogP contribution in [0, 0.1) is 0 Å². The Kier molecular flexibility index (Phi) is 4.67. The minimum atomic E-state index is -5.01. The lowest BCUT2D eigenvalue weighted by atomic mass is 10.2. The first-order valence-corrected chi connectivity index (χ1v) is 9.22. The van der Waals surface area contributed by atoms with Crippen LogP contribution in [0.5, 0.6) is 0 Å². The molecule has 5 nitrogen and oxygen atoms in total. The fraction of sp³-hybridized carbons (Fsp3) is 0.308. The Morgan fingerprint density at radius 3 is 2.43 bits per heavy atom. The Morgan fingerprint density at radius 1 is 1.30 bits per heavy atom. The van der Waals surface area contributed by atoms with E-state index >= 15 is 0 Å². The number of imidazole rings is 1. The van der Waals surface area contributed by atoms with Gasteiger partial charge in [-0.25, -0.2) is 17.6 Å². The van der Waals surface area contributed by atoms with Crippen molar-refractivity contribution in [3.63, 3.8) is 0 Å². The van der Waals surface area contributed by atoms with Gasteiger partial charge >= 0.3 is 5.51 Å². The van der Waals surface area contributed by atoms with Crippen LogP contribution in [-0.4, -0.2) is 33.4 Å². The molecule has 0 aliphatic carbocycles. The average molecular weight is 366 g/mol. The van der Waals surface area contributed by atoms with E-state index < -0.39 is 31.0 Å². The van der Waals surface area contributed by atoms with Crippen LogP contribution in [0.4, 0.5) is 13.2 Å². The van der Waals surface area contributed by atoms with Crippen LogP contribution in [0.15, 0.2) is 40.4 Å². The molecule has 0 aliphatic heterocycles. The zero-order valence-corrected chi connectivity index (χ0v) is 13.8. The molecule has 2 rings (SSSR count).